The van der Waals surface area contributed by atoms with Crippen molar-refractivity contribution in [1.82, 2.24) is 9.55 Å². The molecule has 0 bridgehead atoms. The molecular formula is C27H22F6N2O4. The number of hydrogen-bond acceptors (Lipinski definition) is 5. The smallest absolute Gasteiger partial charge is 0.430 e. The first kappa shape index (κ1) is 28.1. The molecule has 3 aromatic carbocycles. The molecule has 0 aliphatic carbocycles. The van der Waals surface area contributed by atoms with Gasteiger partial charge in [0, 0.05) is 12.0 Å². The van der Waals surface area contributed by atoms with Crippen LogP contribution in [0, 0.1) is 6.92 Å². The number of fused-ring (bicyclic) bond motifs is 1. The van der Waals surface area contributed by atoms with Gasteiger partial charge in [0.2, 0.25) is 0 Å². The van der Waals surface area contributed by atoms with Gasteiger partial charge in [-0.1, -0.05) is 42.5 Å². The van der Waals surface area contributed by atoms with Gasteiger partial charge in [-0.25, -0.2) is 4.98 Å². The summed E-state index contributed by atoms with van der Waals surface area (Å²) in [5, 5.41) is 18.9. The molecule has 0 aliphatic rings. The Bertz CT molecular complexity index is 1530. The molecule has 39 heavy (non-hydrogen) atoms. The number of aliphatic hydroxyl groups is 2. The molecule has 206 valence electrons. The maximum atomic E-state index is 13.7. The lowest BCUT2D eigenvalue weighted by molar-refractivity contribution is -0.376. The van der Waals surface area contributed by atoms with Gasteiger partial charge in [-0.2, -0.15) is 26.3 Å². The van der Waals surface area contributed by atoms with E-state index in [1.165, 1.54) is 19.1 Å². The Morgan fingerprint density at radius 2 is 1.59 bits per heavy atom. The molecule has 0 aliphatic heterocycles. The van der Waals surface area contributed by atoms with Gasteiger partial charge in [0.15, 0.2) is 0 Å². The van der Waals surface area contributed by atoms with Crippen molar-refractivity contribution >= 4 is 10.9 Å². The van der Waals surface area contributed by atoms with Gasteiger partial charge in [-0.05, 0) is 42.3 Å². The topological polar surface area (TPSA) is 84.6 Å². The van der Waals surface area contributed by atoms with E-state index in [2.05, 4.69) is 4.98 Å². The van der Waals surface area contributed by atoms with Crippen molar-refractivity contribution in [2.45, 2.75) is 31.3 Å². The van der Waals surface area contributed by atoms with Gasteiger partial charge in [0.1, 0.15) is 18.2 Å². The first-order valence-corrected chi connectivity index (χ1v) is 11.6. The predicted octanol–water partition coefficient (Wildman–Crippen LogP) is 4.97. The monoisotopic (exact) mass is 552 g/mol. The summed E-state index contributed by atoms with van der Waals surface area (Å²) in [6.45, 7) is 0.918. The van der Waals surface area contributed by atoms with Crippen LogP contribution in [0.4, 0.5) is 26.3 Å². The number of halogens is 6. The van der Waals surface area contributed by atoms with Crippen molar-refractivity contribution in [3.05, 3.63) is 99.6 Å². The van der Waals surface area contributed by atoms with Gasteiger partial charge in [-0.15, -0.1) is 0 Å². The fourth-order valence-electron chi connectivity index (χ4n) is 4.23. The lowest BCUT2D eigenvalue weighted by atomic mass is 9.90. The summed E-state index contributed by atoms with van der Waals surface area (Å²) in [6, 6.07) is 15.3. The predicted molar refractivity (Wildman–Crippen MR) is 130 cm³/mol. The van der Waals surface area contributed by atoms with Crippen LogP contribution in [0.1, 0.15) is 22.5 Å². The molecule has 0 saturated heterocycles. The Morgan fingerprint density at radius 3 is 2.18 bits per heavy atom. The lowest BCUT2D eigenvalue weighted by Crippen LogP contribution is -2.54. The fraction of sp³-hybridized carbons (Fsp3) is 0.259. The zero-order chi connectivity index (χ0) is 28.6. The molecule has 1 aromatic heterocycles. The Balaban J connectivity index is 1.95. The zero-order valence-corrected chi connectivity index (χ0v) is 20.3. The summed E-state index contributed by atoms with van der Waals surface area (Å²) in [5.41, 5.74) is -6.30. The number of aryl methyl sites for hydroxylation is 1. The zero-order valence-electron chi connectivity index (χ0n) is 20.3. The lowest BCUT2D eigenvalue weighted by Gasteiger charge is -2.33. The molecule has 0 spiro atoms. The molecule has 0 saturated carbocycles. The van der Waals surface area contributed by atoms with Crippen LogP contribution < -0.4 is 10.3 Å². The highest BCUT2D eigenvalue weighted by atomic mass is 19.4. The maximum absolute atomic E-state index is 13.7. The van der Waals surface area contributed by atoms with Crippen LogP contribution >= 0.6 is 0 Å². The summed E-state index contributed by atoms with van der Waals surface area (Å²) in [7, 11) is 0. The Labute approximate surface area is 217 Å². The van der Waals surface area contributed by atoms with Gasteiger partial charge in [0.05, 0.1) is 23.2 Å². The molecule has 2 N–H and O–H groups in total. The van der Waals surface area contributed by atoms with Crippen molar-refractivity contribution in [2.24, 2.45) is 0 Å². The average molecular weight is 552 g/mol. The van der Waals surface area contributed by atoms with Crippen molar-refractivity contribution in [3.8, 4) is 11.4 Å². The number of rotatable bonds is 7. The highest BCUT2D eigenvalue weighted by Gasteiger charge is 2.71. The van der Waals surface area contributed by atoms with Gasteiger partial charge >= 0.3 is 12.4 Å². The second kappa shape index (κ2) is 10.3. The highest BCUT2D eigenvalue weighted by molar-refractivity contribution is 5.80. The van der Waals surface area contributed by atoms with E-state index in [0.29, 0.717) is 12.1 Å². The maximum Gasteiger partial charge on any atom is 0.430 e. The van der Waals surface area contributed by atoms with Gasteiger partial charge in [0.25, 0.3) is 11.2 Å². The van der Waals surface area contributed by atoms with Crippen LogP contribution in [0.25, 0.3) is 16.6 Å². The standard InChI is InChI=1S/C27H22F6N2O4/c1-16-13-18(25(38,26(28,29)30)27(31,32)33)7-10-22(16)35-23(14-17-5-3-2-4-6-17)34-21-9-8-19(39-12-11-36)15-20(21)24(35)37/h2-10,13,15,36,38H,11-12,14H2,1H3. The normalized spacial score (nSPS) is 12.6. The van der Waals surface area contributed by atoms with E-state index in [1.54, 1.807) is 36.4 Å². The van der Waals surface area contributed by atoms with E-state index in [9.17, 15) is 36.2 Å². The third-order valence-electron chi connectivity index (χ3n) is 6.15. The first-order valence-electron chi connectivity index (χ1n) is 11.6. The summed E-state index contributed by atoms with van der Waals surface area (Å²) in [5.74, 6) is 0.436. The van der Waals surface area contributed by atoms with Crippen LogP contribution in [0.2, 0.25) is 0 Å². The Hall–Kier alpha value is -3.90. The molecule has 1 heterocycles. The SMILES string of the molecule is Cc1cc(C(O)(C(F)(F)F)C(F)(F)F)ccc1-n1c(Cc2ccccc2)nc2ccc(OCCO)cc2c1=O. The number of benzene rings is 3. The van der Waals surface area contributed by atoms with E-state index >= 15 is 0 Å². The van der Waals surface area contributed by atoms with Crippen molar-refractivity contribution in [1.29, 1.82) is 0 Å². The summed E-state index contributed by atoms with van der Waals surface area (Å²) >= 11 is 0. The minimum Gasteiger partial charge on any atom is -0.491 e. The van der Waals surface area contributed by atoms with E-state index in [0.717, 1.165) is 16.2 Å². The number of aromatic nitrogens is 2. The highest BCUT2D eigenvalue weighted by Crippen LogP contribution is 2.50. The molecule has 4 rings (SSSR count). The average Bonchev–Trinajstić information content (AvgIpc) is 2.87. The first-order chi connectivity index (χ1) is 18.3. The third-order valence-corrected chi connectivity index (χ3v) is 6.15. The molecule has 0 radical (unpaired) electrons. The number of alkyl halides is 6. The number of aliphatic hydroxyl groups excluding tert-OH is 1. The van der Waals surface area contributed by atoms with Crippen LogP contribution in [-0.2, 0) is 12.0 Å². The molecular weight excluding hydrogens is 530 g/mol. The molecule has 6 nitrogen and oxygen atoms in total. The number of hydrogen-bond donors (Lipinski definition) is 2. The number of nitrogens with zero attached hydrogens (tertiary/aromatic N) is 2. The van der Waals surface area contributed by atoms with E-state index < -0.39 is 29.1 Å². The molecule has 0 fully saturated rings. The molecule has 4 aromatic rings. The quantitative estimate of drug-likeness (QED) is 0.317. The van der Waals surface area contributed by atoms with Crippen molar-refractivity contribution in [3.63, 3.8) is 0 Å². The van der Waals surface area contributed by atoms with Crippen LogP contribution in [0.5, 0.6) is 5.75 Å². The van der Waals surface area contributed by atoms with E-state index in [-0.39, 0.29) is 53.4 Å². The molecule has 0 unspecified atom stereocenters. The van der Waals surface area contributed by atoms with Crippen molar-refractivity contribution in [2.75, 3.05) is 13.2 Å². The third kappa shape index (κ3) is 5.21. The Kier molecular flexibility index (Phi) is 7.46. The molecule has 0 atom stereocenters. The molecule has 12 heteroatoms. The minimum atomic E-state index is -6.05. The van der Waals surface area contributed by atoms with Gasteiger partial charge in [-0.3, -0.25) is 9.36 Å². The fourth-order valence-corrected chi connectivity index (χ4v) is 4.23. The second-order valence-electron chi connectivity index (χ2n) is 8.79. The van der Waals surface area contributed by atoms with Crippen LogP contribution in [0.3, 0.4) is 0 Å². The summed E-state index contributed by atoms with van der Waals surface area (Å²) in [4.78, 5) is 18.3. The minimum absolute atomic E-state index is 0.0162. The second-order valence-corrected chi connectivity index (χ2v) is 8.79. The largest absolute Gasteiger partial charge is 0.491 e. The van der Waals surface area contributed by atoms with Gasteiger partial charge < -0.3 is 14.9 Å². The van der Waals surface area contributed by atoms with Crippen molar-refractivity contribution < 1.29 is 41.3 Å². The summed E-state index contributed by atoms with van der Waals surface area (Å²) in [6.07, 6.45) is -12.0. The number of ether oxygens (including phenoxy) is 1. The molecule has 0 amide bonds. The van der Waals surface area contributed by atoms with Crippen LogP contribution in [-0.4, -0.2) is 45.3 Å². The Morgan fingerprint density at radius 1 is 0.923 bits per heavy atom. The van der Waals surface area contributed by atoms with E-state index in [4.69, 9.17) is 9.84 Å². The van der Waals surface area contributed by atoms with E-state index in [1.807, 2.05) is 0 Å². The summed E-state index contributed by atoms with van der Waals surface area (Å²) < 4.78 is 87.2. The van der Waals surface area contributed by atoms with Crippen LogP contribution in [0.15, 0.2) is 71.5 Å².